The smallest absolute Gasteiger partial charge is 0.333 e. The number of nitrogens with one attached hydrogen (secondary N) is 1. The molecule has 0 heterocycles. The SMILES string of the molecule is C=C(C)C(=O)OCCOCC(O)COCCCCC[Si](C)(C)O[Si](C)(C)O[Si](C)(C)COCC(O)CCCCCNC[Si](C)OC. The fraction of sp³-hybridized carbons (Fsp3) is 0.903. The molecule has 2 atom stereocenters. The Kier molecular flexibility index (Phi) is 25.5. The van der Waals surface area contributed by atoms with E-state index in [9.17, 15) is 15.0 Å². The number of aliphatic hydroxyl groups is 2. The summed E-state index contributed by atoms with van der Waals surface area (Å²) in [5, 5.41) is 23.8. The van der Waals surface area contributed by atoms with E-state index in [4.69, 9.17) is 31.6 Å². The maximum atomic E-state index is 11.3. The van der Waals surface area contributed by atoms with Crippen molar-refractivity contribution in [2.75, 3.05) is 65.7 Å². The number of hydrogen-bond acceptors (Lipinski definition) is 11. The first kappa shape index (κ1) is 45.7. The first-order chi connectivity index (χ1) is 21.5. The van der Waals surface area contributed by atoms with Gasteiger partial charge in [0.15, 0.2) is 8.32 Å². The average molecular weight is 727 g/mol. The molecule has 0 aromatic rings. The van der Waals surface area contributed by atoms with Gasteiger partial charge in [-0.2, -0.15) is 0 Å². The van der Waals surface area contributed by atoms with Crippen LogP contribution in [0.5, 0.6) is 0 Å². The van der Waals surface area contributed by atoms with Crippen molar-refractivity contribution in [3.8, 4) is 0 Å². The van der Waals surface area contributed by atoms with Crippen LogP contribution in [0.1, 0.15) is 51.9 Å². The van der Waals surface area contributed by atoms with Gasteiger partial charge in [-0.15, -0.1) is 0 Å². The van der Waals surface area contributed by atoms with Crippen molar-refractivity contribution in [3.05, 3.63) is 12.2 Å². The summed E-state index contributed by atoms with van der Waals surface area (Å²) in [5.41, 5.74) is 0.345. The van der Waals surface area contributed by atoms with Crippen molar-refractivity contribution in [2.45, 2.75) is 116 Å². The molecule has 0 spiro atoms. The normalized spacial score (nSPS) is 14.1. The molecule has 0 aromatic carbocycles. The number of ether oxygens (including phenoxy) is 4. The summed E-state index contributed by atoms with van der Waals surface area (Å²) in [5.74, 6) is -0.445. The van der Waals surface area contributed by atoms with Gasteiger partial charge in [0.1, 0.15) is 12.7 Å². The van der Waals surface area contributed by atoms with Crippen LogP contribution in [0, 0.1) is 0 Å². The number of hydrogen-bond donors (Lipinski definition) is 3. The second-order valence-electron chi connectivity index (χ2n) is 13.8. The number of aliphatic hydroxyl groups excluding tert-OH is 2. The molecule has 0 aliphatic heterocycles. The van der Waals surface area contributed by atoms with Crippen LogP contribution in [0.15, 0.2) is 12.2 Å². The summed E-state index contributed by atoms with van der Waals surface area (Å²) in [6, 6.07) is 1.05. The summed E-state index contributed by atoms with van der Waals surface area (Å²) in [7, 11) is -5.29. The van der Waals surface area contributed by atoms with Gasteiger partial charge in [0.25, 0.3) is 0 Å². The van der Waals surface area contributed by atoms with Crippen LogP contribution in [-0.2, 0) is 36.4 Å². The third kappa shape index (κ3) is 27.6. The van der Waals surface area contributed by atoms with Crippen LogP contribution in [0.4, 0.5) is 0 Å². The lowest BCUT2D eigenvalue weighted by Gasteiger charge is -2.38. The second kappa shape index (κ2) is 25.7. The van der Waals surface area contributed by atoms with E-state index in [1.165, 1.54) is 0 Å². The molecule has 0 saturated carbocycles. The minimum absolute atomic E-state index is 0.129. The van der Waals surface area contributed by atoms with E-state index >= 15 is 0 Å². The maximum absolute atomic E-state index is 11.3. The summed E-state index contributed by atoms with van der Waals surface area (Å²) in [6.45, 7) is 23.0. The van der Waals surface area contributed by atoms with Gasteiger partial charge >= 0.3 is 14.5 Å². The molecule has 1 radical (unpaired) electrons. The Hall–Kier alpha value is -0.282. The third-order valence-corrected chi connectivity index (χ3v) is 19.2. The molecular weight excluding hydrogens is 659 g/mol. The molecule has 46 heavy (non-hydrogen) atoms. The van der Waals surface area contributed by atoms with Crippen LogP contribution in [0.25, 0.3) is 0 Å². The Morgan fingerprint density at radius 2 is 1.41 bits per heavy atom. The molecule has 0 aromatic heterocycles. The van der Waals surface area contributed by atoms with E-state index in [0.717, 1.165) is 63.7 Å². The van der Waals surface area contributed by atoms with E-state index in [1.54, 1.807) is 14.0 Å². The van der Waals surface area contributed by atoms with Gasteiger partial charge in [0, 0.05) is 25.5 Å². The summed E-state index contributed by atoms with van der Waals surface area (Å²) >= 11 is 0. The van der Waals surface area contributed by atoms with Crippen LogP contribution in [-0.4, -0.2) is 128 Å². The topological polar surface area (TPSA) is 134 Å². The van der Waals surface area contributed by atoms with E-state index in [-0.39, 0.29) is 26.4 Å². The lowest BCUT2D eigenvalue weighted by Crippen LogP contribution is -2.54. The Balaban J connectivity index is 4.04. The molecular formula is C31H68NO10Si4. The van der Waals surface area contributed by atoms with Crippen LogP contribution >= 0.6 is 0 Å². The van der Waals surface area contributed by atoms with Gasteiger partial charge in [-0.3, -0.25) is 0 Å². The number of carbonyl (C=O) groups is 1. The lowest BCUT2D eigenvalue weighted by atomic mass is 10.1. The van der Waals surface area contributed by atoms with Gasteiger partial charge in [-0.1, -0.05) is 32.3 Å². The zero-order valence-corrected chi connectivity index (χ0v) is 34.5. The maximum Gasteiger partial charge on any atom is 0.333 e. The van der Waals surface area contributed by atoms with Crippen LogP contribution in [0.3, 0.4) is 0 Å². The Morgan fingerprint density at radius 3 is 2.07 bits per heavy atom. The second-order valence-corrected chi connectivity index (χ2v) is 28.2. The number of esters is 1. The van der Waals surface area contributed by atoms with Crippen molar-refractivity contribution in [1.82, 2.24) is 5.32 Å². The van der Waals surface area contributed by atoms with Crippen molar-refractivity contribution < 1.29 is 46.6 Å². The lowest BCUT2D eigenvalue weighted by molar-refractivity contribution is -0.140. The number of rotatable bonds is 31. The quantitative estimate of drug-likeness (QED) is 0.0398. The van der Waals surface area contributed by atoms with Gasteiger partial charge in [0.05, 0.1) is 38.8 Å². The molecule has 0 bridgehead atoms. The standard InChI is InChI=1S/C31H68NO10Si4/c1-28(2)31(35)40-21-20-38-25-30(34)24-37-19-15-12-16-22-44(5,6)41-46(9,10)42-45(7,8)27-39-23-29(33)17-13-11-14-18-32-26-43(4)36-3/h29-30,32-34H,1,11-27H2,2-10H3. The van der Waals surface area contributed by atoms with Gasteiger partial charge in [-0.05, 0) is 84.6 Å². The Morgan fingerprint density at radius 1 is 0.804 bits per heavy atom. The predicted molar refractivity (Wildman–Crippen MR) is 193 cm³/mol. The van der Waals surface area contributed by atoms with Gasteiger partial charge < -0.3 is 47.1 Å². The molecule has 0 aliphatic rings. The molecule has 0 rings (SSSR count). The third-order valence-electron chi connectivity index (χ3n) is 6.91. The Labute approximate surface area is 285 Å². The molecule has 15 heteroatoms. The molecule has 0 saturated heterocycles. The van der Waals surface area contributed by atoms with Crippen molar-refractivity contribution in [3.63, 3.8) is 0 Å². The number of unbranched alkanes of at least 4 members (excludes halogenated alkanes) is 4. The highest BCUT2D eigenvalue weighted by molar-refractivity contribution is 6.87. The Bertz CT molecular complexity index is 807. The summed E-state index contributed by atoms with van der Waals surface area (Å²) in [4.78, 5) is 11.3. The average Bonchev–Trinajstić information content (AvgIpc) is 2.94. The molecule has 273 valence electrons. The van der Waals surface area contributed by atoms with Gasteiger partial charge in [-0.25, -0.2) is 4.79 Å². The zero-order chi connectivity index (χ0) is 35.1. The predicted octanol–water partition coefficient (Wildman–Crippen LogP) is 4.69. The first-order valence-corrected chi connectivity index (χ1v) is 28.0. The van der Waals surface area contributed by atoms with Crippen molar-refractivity contribution in [1.29, 1.82) is 0 Å². The van der Waals surface area contributed by atoms with Crippen molar-refractivity contribution in [2.24, 2.45) is 0 Å². The van der Waals surface area contributed by atoms with E-state index in [0.29, 0.717) is 25.0 Å². The highest BCUT2D eigenvalue weighted by Gasteiger charge is 2.39. The fourth-order valence-electron chi connectivity index (χ4n) is 4.83. The highest BCUT2D eigenvalue weighted by Crippen LogP contribution is 2.25. The molecule has 0 fully saturated rings. The van der Waals surface area contributed by atoms with E-state index < -0.39 is 52.4 Å². The van der Waals surface area contributed by atoms with E-state index in [1.807, 2.05) is 0 Å². The molecule has 3 N–H and O–H groups in total. The molecule has 2 unspecified atom stereocenters. The minimum atomic E-state index is -2.34. The summed E-state index contributed by atoms with van der Waals surface area (Å²) in [6.07, 6.45) is 7.32. The fourth-order valence-corrected chi connectivity index (χ4v) is 19.1. The highest BCUT2D eigenvalue weighted by atomic mass is 28.5. The largest absolute Gasteiger partial charge is 0.460 e. The molecule has 0 aliphatic carbocycles. The van der Waals surface area contributed by atoms with Crippen LogP contribution < -0.4 is 5.32 Å². The van der Waals surface area contributed by atoms with E-state index in [2.05, 4.69) is 57.7 Å². The molecule has 11 nitrogen and oxygen atoms in total. The molecule has 0 amide bonds. The zero-order valence-electron chi connectivity index (χ0n) is 30.5. The first-order valence-electron chi connectivity index (χ1n) is 16.9. The van der Waals surface area contributed by atoms with Gasteiger partial charge in [0.2, 0.25) is 17.4 Å². The minimum Gasteiger partial charge on any atom is -0.460 e. The van der Waals surface area contributed by atoms with Crippen LogP contribution in [0.2, 0.25) is 51.9 Å². The summed E-state index contributed by atoms with van der Waals surface area (Å²) < 4.78 is 40.5. The number of carbonyl (C=O) groups excluding carboxylic acids is 1. The van der Waals surface area contributed by atoms with Crippen molar-refractivity contribution >= 4 is 40.2 Å². The monoisotopic (exact) mass is 726 g/mol.